The molecule has 0 aliphatic heterocycles. The van der Waals surface area contributed by atoms with E-state index in [1.165, 1.54) is 0 Å². The molecule has 32 heavy (non-hydrogen) atoms. The Morgan fingerprint density at radius 1 is 0.969 bits per heavy atom. The molecule has 2 amide bonds. The van der Waals surface area contributed by atoms with E-state index in [2.05, 4.69) is 10.6 Å². The van der Waals surface area contributed by atoms with Gasteiger partial charge in [-0.3, -0.25) is 14.9 Å². The van der Waals surface area contributed by atoms with Crippen LogP contribution in [0, 0.1) is 0 Å². The molecule has 0 atom stereocenters. The quantitative estimate of drug-likeness (QED) is 0.505. The van der Waals surface area contributed by atoms with Crippen molar-refractivity contribution in [1.82, 2.24) is 5.32 Å². The lowest BCUT2D eigenvalue weighted by Gasteiger charge is -2.18. The lowest BCUT2D eigenvalue weighted by Crippen LogP contribution is -2.34. The molecular formula is C25H25N3O3S. The van der Waals surface area contributed by atoms with Crippen molar-refractivity contribution in [1.29, 1.82) is 0 Å². The second-order valence-corrected chi connectivity index (χ2v) is 7.44. The number of amides is 2. The van der Waals surface area contributed by atoms with E-state index in [0.29, 0.717) is 29.2 Å². The zero-order valence-electron chi connectivity index (χ0n) is 18.0. The molecular weight excluding hydrogens is 422 g/mol. The summed E-state index contributed by atoms with van der Waals surface area (Å²) in [5, 5.41) is 5.76. The summed E-state index contributed by atoms with van der Waals surface area (Å²) < 4.78 is 5.64. The van der Waals surface area contributed by atoms with Crippen LogP contribution in [0.5, 0.6) is 5.75 Å². The molecule has 0 aliphatic carbocycles. The van der Waals surface area contributed by atoms with Gasteiger partial charge in [-0.15, -0.1) is 0 Å². The van der Waals surface area contributed by atoms with E-state index in [-0.39, 0.29) is 16.9 Å². The van der Waals surface area contributed by atoms with Crippen LogP contribution in [-0.2, 0) is 0 Å². The number of hydrogen-bond donors (Lipinski definition) is 2. The van der Waals surface area contributed by atoms with Crippen molar-refractivity contribution in [2.24, 2.45) is 0 Å². The predicted molar refractivity (Wildman–Crippen MR) is 132 cm³/mol. The first kappa shape index (κ1) is 23.0. The molecule has 7 heteroatoms. The number of nitrogens with one attached hydrogen (secondary N) is 2. The van der Waals surface area contributed by atoms with Crippen molar-refractivity contribution in [3.8, 4) is 5.75 Å². The lowest BCUT2D eigenvalue weighted by molar-refractivity contribution is 0.0970. The molecule has 0 saturated carbocycles. The van der Waals surface area contributed by atoms with Crippen LogP contribution in [0.25, 0.3) is 0 Å². The molecule has 0 spiro atoms. The van der Waals surface area contributed by atoms with Gasteiger partial charge in [-0.05, 0) is 61.1 Å². The first-order chi connectivity index (χ1) is 15.5. The van der Waals surface area contributed by atoms with Gasteiger partial charge in [0, 0.05) is 24.0 Å². The monoisotopic (exact) mass is 447 g/mol. The highest BCUT2D eigenvalue weighted by Gasteiger charge is 2.16. The smallest absolute Gasteiger partial charge is 0.261 e. The number of carbonyl (C=O) groups excluding carboxylic acids is 2. The SMILES string of the molecule is CCCOc1ccccc1C(=O)NC(=S)Nc1cccc(C(=O)N(C)c2ccccc2)c1. The zero-order chi connectivity index (χ0) is 22.9. The highest BCUT2D eigenvalue weighted by molar-refractivity contribution is 7.80. The molecule has 6 nitrogen and oxygen atoms in total. The summed E-state index contributed by atoms with van der Waals surface area (Å²) in [5.41, 5.74) is 2.29. The van der Waals surface area contributed by atoms with Crippen LogP contribution < -0.4 is 20.3 Å². The number of carbonyl (C=O) groups is 2. The average Bonchev–Trinajstić information content (AvgIpc) is 2.82. The molecule has 3 aromatic rings. The molecule has 0 saturated heterocycles. The van der Waals surface area contributed by atoms with Crippen LogP contribution in [0.2, 0.25) is 0 Å². The topological polar surface area (TPSA) is 70.7 Å². The molecule has 0 bridgehead atoms. The Hall–Kier alpha value is -3.71. The number of nitrogens with zero attached hydrogens (tertiary/aromatic N) is 1. The van der Waals surface area contributed by atoms with Gasteiger partial charge in [-0.1, -0.05) is 43.3 Å². The Labute approximate surface area is 193 Å². The third-order valence-corrected chi connectivity index (χ3v) is 4.84. The van der Waals surface area contributed by atoms with Crippen molar-refractivity contribution in [2.45, 2.75) is 13.3 Å². The summed E-state index contributed by atoms with van der Waals surface area (Å²) in [5.74, 6) is -0.0201. The van der Waals surface area contributed by atoms with Crippen molar-refractivity contribution in [3.63, 3.8) is 0 Å². The molecule has 0 unspecified atom stereocenters. The van der Waals surface area contributed by atoms with Gasteiger partial charge < -0.3 is 15.0 Å². The molecule has 3 aromatic carbocycles. The highest BCUT2D eigenvalue weighted by atomic mass is 32.1. The summed E-state index contributed by atoms with van der Waals surface area (Å²) in [7, 11) is 1.72. The maximum absolute atomic E-state index is 12.9. The maximum Gasteiger partial charge on any atom is 0.261 e. The van der Waals surface area contributed by atoms with E-state index in [1.54, 1.807) is 54.4 Å². The largest absolute Gasteiger partial charge is 0.493 e. The van der Waals surface area contributed by atoms with Crippen LogP contribution in [-0.4, -0.2) is 30.6 Å². The zero-order valence-corrected chi connectivity index (χ0v) is 18.8. The molecule has 0 fully saturated rings. The molecule has 0 radical (unpaired) electrons. The number of thiocarbonyl (C=S) groups is 1. The fourth-order valence-electron chi connectivity index (χ4n) is 3.02. The third-order valence-electron chi connectivity index (χ3n) is 4.64. The number of anilines is 2. The van der Waals surface area contributed by atoms with Gasteiger partial charge in [0.2, 0.25) is 0 Å². The van der Waals surface area contributed by atoms with Gasteiger partial charge in [0.1, 0.15) is 5.75 Å². The van der Waals surface area contributed by atoms with Gasteiger partial charge in [-0.25, -0.2) is 0 Å². The second-order valence-electron chi connectivity index (χ2n) is 7.03. The standard InChI is InChI=1S/C25H25N3O3S/c1-3-16-31-22-15-8-7-14-21(22)23(29)27-25(32)26-19-11-9-10-18(17-19)24(30)28(2)20-12-5-4-6-13-20/h4-15,17H,3,16H2,1-2H3,(H2,26,27,29,32). The minimum absolute atomic E-state index is 0.126. The first-order valence-electron chi connectivity index (χ1n) is 10.3. The first-order valence-corrected chi connectivity index (χ1v) is 10.7. The Bertz CT molecular complexity index is 1100. The molecule has 0 aliphatic rings. The van der Waals surface area contributed by atoms with Crippen molar-refractivity contribution >= 4 is 40.5 Å². The Morgan fingerprint density at radius 2 is 1.69 bits per heavy atom. The minimum atomic E-state index is -0.370. The minimum Gasteiger partial charge on any atom is -0.493 e. The van der Waals surface area contributed by atoms with Crippen molar-refractivity contribution < 1.29 is 14.3 Å². The van der Waals surface area contributed by atoms with Gasteiger partial charge >= 0.3 is 0 Å². The number of rotatable bonds is 7. The normalized spacial score (nSPS) is 10.2. The molecule has 0 aromatic heterocycles. The molecule has 3 rings (SSSR count). The second kappa shape index (κ2) is 11.1. The fourth-order valence-corrected chi connectivity index (χ4v) is 3.23. The highest BCUT2D eigenvalue weighted by Crippen LogP contribution is 2.19. The molecule has 2 N–H and O–H groups in total. The number of ether oxygens (including phenoxy) is 1. The van der Waals surface area contributed by atoms with Gasteiger partial charge in [-0.2, -0.15) is 0 Å². The van der Waals surface area contributed by atoms with Crippen LogP contribution in [0.1, 0.15) is 34.1 Å². The van der Waals surface area contributed by atoms with Crippen LogP contribution in [0.4, 0.5) is 11.4 Å². The average molecular weight is 448 g/mol. The van der Waals surface area contributed by atoms with E-state index in [9.17, 15) is 9.59 Å². The molecule has 164 valence electrons. The summed E-state index contributed by atoms with van der Waals surface area (Å²) in [6.07, 6.45) is 0.838. The van der Waals surface area contributed by atoms with Gasteiger partial charge in [0.25, 0.3) is 11.8 Å². The van der Waals surface area contributed by atoms with Crippen LogP contribution >= 0.6 is 12.2 Å². The predicted octanol–water partition coefficient (Wildman–Crippen LogP) is 4.88. The van der Waals surface area contributed by atoms with Gasteiger partial charge in [0.05, 0.1) is 12.2 Å². The Balaban J connectivity index is 1.66. The summed E-state index contributed by atoms with van der Waals surface area (Å²) in [4.78, 5) is 27.1. The van der Waals surface area contributed by atoms with Crippen molar-refractivity contribution in [3.05, 3.63) is 90.0 Å². The van der Waals surface area contributed by atoms with Crippen LogP contribution in [0.15, 0.2) is 78.9 Å². The Kier molecular flexibility index (Phi) is 7.94. The van der Waals surface area contributed by atoms with E-state index in [0.717, 1.165) is 12.1 Å². The van der Waals surface area contributed by atoms with E-state index >= 15 is 0 Å². The van der Waals surface area contributed by atoms with Gasteiger partial charge in [0.15, 0.2) is 5.11 Å². The number of hydrogen-bond acceptors (Lipinski definition) is 4. The summed E-state index contributed by atoms with van der Waals surface area (Å²) >= 11 is 5.30. The van der Waals surface area contributed by atoms with Crippen molar-refractivity contribution in [2.75, 3.05) is 23.9 Å². The lowest BCUT2D eigenvalue weighted by atomic mass is 10.1. The van der Waals surface area contributed by atoms with E-state index < -0.39 is 0 Å². The summed E-state index contributed by atoms with van der Waals surface area (Å²) in [6, 6.07) is 23.4. The number of benzene rings is 3. The van der Waals surface area contributed by atoms with E-state index in [4.69, 9.17) is 17.0 Å². The van der Waals surface area contributed by atoms with Crippen LogP contribution in [0.3, 0.4) is 0 Å². The maximum atomic E-state index is 12.9. The Morgan fingerprint density at radius 3 is 2.44 bits per heavy atom. The van der Waals surface area contributed by atoms with E-state index in [1.807, 2.05) is 43.3 Å². The fraction of sp³-hybridized carbons (Fsp3) is 0.160. The third kappa shape index (κ3) is 5.92. The number of para-hydroxylation sites is 2. The molecule has 0 heterocycles. The summed E-state index contributed by atoms with van der Waals surface area (Å²) in [6.45, 7) is 2.52.